The molecule has 2 rings (SSSR count). The van der Waals surface area contributed by atoms with Crippen LogP contribution >= 0.6 is 11.8 Å². The normalized spacial score (nSPS) is 27.7. The van der Waals surface area contributed by atoms with Crippen LogP contribution in [0.2, 0.25) is 0 Å². The number of nitrogens with zero attached hydrogens (tertiary/aromatic N) is 2. The zero-order valence-electron chi connectivity index (χ0n) is 12.6. The van der Waals surface area contributed by atoms with E-state index in [1.54, 1.807) is 0 Å². The van der Waals surface area contributed by atoms with Crippen molar-refractivity contribution in [1.29, 1.82) is 0 Å². The molecule has 0 radical (unpaired) electrons. The van der Waals surface area contributed by atoms with Gasteiger partial charge < -0.3 is 5.32 Å². The molecule has 0 spiro atoms. The van der Waals surface area contributed by atoms with E-state index in [0.717, 1.165) is 18.2 Å². The number of thioether (sulfide) groups is 1. The third-order valence-corrected chi connectivity index (χ3v) is 5.62. The zero-order valence-corrected chi connectivity index (χ0v) is 13.5. The molecule has 0 aliphatic heterocycles. The van der Waals surface area contributed by atoms with Crippen LogP contribution in [-0.4, -0.2) is 27.6 Å². The predicted molar refractivity (Wildman–Crippen MR) is 82.7 cm³/mol. The highest BCUT2D eigenvalue weighted by Gasteiger charge is 2.30. The van der Waals surface area contributed by atoms with Crippen LogP contribution in [0.5, 0.6) is 0 Å². The summed E-state index contributed by atoms with van der Waals surface area (Å²) in [6.45, 7) is 7.68. The lowest BCUT2D eigenvalue weighted by atomic mass is 9.84. The van der Waals surface area contributed by atoms with Crippen molar-refractivity contribution in [1.82, 2.24) is 15.1 Å². The molecule has 4 heteroatoms. The second-order valence-corrected chi connectivity index (χ2v) is 6.91. The fraction of sp³-hybridized carbons (Fsp3) is 0.800. The smallest absolute Gasteiger partial charge is 0.0942 e. The molecular formula is C15H27N3S. The predicted octanol–water partition coefficient (Wildman–Crippen LogP) is 3.38. The van der Waals surface area contributed by atoms with Crippen LogP contribution in [0.25, 0.3) is 0 Å². The minimum absolute atomic E-state index is 0.660. The largest absolute Gasteiger partial charge is 0.313 e. The monoisotopic (exact) mass is 281 g/mol. The van der Waals surface area contributed by atoms with Crippen molar-refractivity contribution in [3.63, 3.8) is 0 Å². The van der Waals surface area contributed by atoms with E-state index >= 15 is 0 Å². The molecule has 0 amide bonds. The Kier molecular flexibility index (Phi) is 5.34. The summed E-state index contributed by atoms with van der Waals surface area (Å²) < 4.78 is 2.03. The molecule has 0 saturated heterocycles. The Morgan fingerprint density at radius 1 is 1.42 bits per heavy atom. The molecular weight excluding hydrogens is 254 g/mol. The van der Waals surface area contributed by atoms with Crippen molar-refractivity contribution in [2.24, 2.45) is 13.0 Å². The molecule has 1 aliphatic rings. The summed E-state index contributed by atoms with van der Waals surface area (Å²) in [6, 6.07) is 2.87. The second kappa shape index (κ2) is 6.80. The molecule has 1 aromatic rings. The Hall–Kier alpha value is -0.480. The molecule has 1 fully saturated rings. The van der Waals surface area contributed by atoms with Crippen LogP contribution < -0.4 is 5.32 Å². The minimum atomic E-state index is 0.660. The lowest BCUT2D eigenvalue weighted by molar-refractivity contribution is 0.297. The quantitative estimate of drug-likeness (QED) is 0.897. The summed E-state index contributed by atoms with van der Waals surface area (Å²) in [5.41, 5.74) is 1.12. The maximum atomic E-state index is 4.46. The fourth-order valence-electron chi connectivity index (χ4n) is 3.06. The Labute approximate surface area is 121 Å². The van der Waals surface area contributed by atoms with Gasteiger partial charge in [0.1, 0.15) is 0 Å². The van der Waals surface area contributed by atoms with E-state index in [1.807, 2.05) is 16.4 Å². The van der Waals surface area contributed by atoms with E-state index in [2.05, 4.69) is 44.3 Å². The summed E-state index contributed by atoms with van der Waals surface area (Å²) >= 11 is 2.02. The summed E-state index contributed by atoms with van der Waals surface area (Å²) in [5, 5.41) is 10.1. The molecule has 19 heavy (non-hydrogen) atoms. The van der Waals surface area contributed by atoms with Gasteiger partial charge in [-0.1, -0.05) is 20.3 Å². The average Bonchev–Trinajstić information content (AvgIpc) is 2.70. The first-order valence-electron chi connectivity index (χ1n) is 7.54. The number of rotatable bonds is 5. The lowest BCUT2D eigenvalue weighted by Gasteiger charge is -2.35. The van der Waals surface area contributed by atoms with E-state index in [1.165, 1.54) is 30.7 Å². The SMILES string of the molecule is CCNC1CCC(CC)CC1Sc1cc(C)nn1C. The van der Waals surface area contributed by atoms with Gasteiger partial charge in [-0.25, -0.2) is 0 Å². The van der Waals surface area contributed by atoms with Crippen LogP contribution in [-0.2, 0) is 7.05 Å². The van der Waals surface area contributed by atoms with E-state index in [4.69, 9.17) is 0 Å². The molecule has 1 N–H and O–H groups in total. The molecule has 3 atom stereocenters. The van der Waals surface area contributed by atoms with Gasteiger partial charge in [-0.3, -0.25) is 4.68 Å². The lowest BCUT2D eigenvalue weighted by Crippen LogP contribution is -2.42. The number of hydrogen-bond donors (Lipinski definition) is 1. The van der Waals surface area contributed by atoms with Gasteiger partial charge >= 0.3 is 0 Å². The molecule has 108 valence electrons. The third-order valence-electron chi connectivity index (χ3n) is 4.18. The van der Waals surface area contributed by atoms with Gasteiger partial charge in [-0.15, -0.1) is 11.8 Å². The van der Waals surface area contributed by atoms with Gasteiger partial charge in [-0.2, -0.15) is 5.10 Å². The molecule has 1 heterocycles. The summed E-state index contributed by atoms with van der Waals surface area (Å²) in [4.78, 5) is 0. The number of nitrogens with one attached hydrogen (secondary N) is 1. The van der Waals surface area contributed by atoms with Gasteiger partial charge in [0.15, 0.2) is 0 Å². The second-order valence-electron chi connectivity index (χ2n) is 5.66. The Bertz CT molecular complexity index is 402. The van der Waals surface area contributed by atoms with Crippen molar-refractivity contribution in [2.45, 2.75) is 62.8 Å². The van der Waals surface area contributed by atoms with Crippen molar-refractivity contribution in [3.05, 3.63) is 11.8 Å². The maximum Gasteiger partial charge on any atom is 0.0942 e. The first kappa shape index (κ1) is 14.9. The first-order chi connectivity index (χ1) is 9.13. The van der Waals surface area contributed by atoms with E-state index < -0.39 is 0 Å². The topological polar surface area (TPSA) is 29.9 Å². The molecule has 1 saturated carbocycles. The molecule has 1 aromatic heterocycles. The van der Waals surface area contributed by atoms with Gasteiger partial charge in [0.2, 0.25) is 0 Å². The maximum absolute atomic E-state index is 4.46. The van der Waals surface area contributed by atoms with Crippen LogP contribution in [0.4, 0.5) is 0 Å². The Morgan fingerprint density at radius 3 is 2.79 bits per heavy atom. The Balaban J connectivity index is 2.06. The van der Waals surface area contributed by atoms with Crippen LogP contribution in [0.15, 0.2) is 11.1 Å². The summed E-state index contributed by atoms with van der Waals surface area (Å²) in [7, 11) is 2.05. The molecule has 3 nitrogen and oxygen atoms in total. The first-order valence-corrected chi connectivity index (χ1v) is 8.42. The highest BCUT2D eigenvalue weighted by atomic mass is 32.2. The van der Waals surface area contributed by atoms with Crippen molar-refractivity contribution < 1.29 is 0 Å². The molecule has 0 aromatic carbocycles. The summed E-state index contributed by atoms with van der Waals surface area (Å²) in [6.07, 6.45) is 5.36. The van der Waals surface area contributed by atoms with Crippen molar-refractivity contribution in [2.75, 3.05) is 6.54 Å². The molecule has 1 aliphatic carbocycles. The zero-order chi connectivity index (χ0) is 13.8. The van der Waals surface area contributed by atoms with Gasteiger partial charge in [0.25, 0.3) is 0 Å². The van der Waals surface area contributed by atoms with Crippen LogP contribution in [0.3, 0.4) is 0 Å². The van der Waals surface area contributed by atoms with Gasteiger partial charge in [0, 0.05) is 18.3 Å². The van der Waals surface area contributed by atoms with Crippen LogP contribution in [0, 0.1) is 12.8 Å². The third kappa shape index (κ3) is 3.76. The fourth-order valence-corrected chi connectivity index (χ4v) is 4.57. The van der Waals surface area contributed by atoms with Crippen LogP contribution in [0.1, 0.15) is 45.2 Å². The van der Waals surface area contributed by atoms with Crippen molar-refractivity contribution in [3.8, 4) is 0 Å². The van der Waals surface area contributed by atoms with E-state index in [-0.39, 0.29) is 0 Å². The standard InChI is InChI=1S/C15H27N3S/c1-5-12-7-8-13(16-6-2)14(10-12)19-15-9-11(3)17-18(15)4/h9,12-14,16H,5-8,10H2,1-4H3. The number of hydrogen-bond acceptors (Lipinski definition) is 3. The summed E-state index contributed by atoms with van der Waals surface area (Å²) in [5.74, 6) is 0.904. The number of aromatic nitrogens is 2. The molecule has 3 unspecified atom stereocenters. The minimum Gasteiger partial charge on any atom is -0.313 e. The molecule has 0 bridgehead atoms. The highest BCUT2D eigenvalue weighted by molar-refractivity contribution is 7.99. The Morgan fingerprint density at radius 2 is 2.21 bits per heavy atom. The van der Waals surface area contributed by atoms with Gasteiger partial charge in [0.05, 0.1) is 10.7 Å². The van der Waals surface area contributed by atoms with Crippen molar-refractivity contribution >= 4 is 11.8 Å². The van der Waals surface area contributed by atoms with Gasteiger partial charge in [-0.05, 0) is 44.7 Å². The highest BCUT2D eigenvalue weighted by Crippen LogP contribution is 2.37. The van der Waals surface area contributed by atoms with E-state index in [0.29, 0.717) is 11.3 Å². The average molecular weight is 281 g/mol. The van der Waals surface area contributed by atoms with E-state index in [9.17, 15) is 0 Å². The number of aryl methyl sites for hydroxylation is 2.